The van der Waals surface area contributed by atoms with Crippen molar-refractivity contribution in [3.63, 3.8) is 0 Å². The minimum Gasteiger partial charge on any atom is -0.468 e. The molecule has 0 fully saturated rings. The fourth-order valence-corrected chi connectivity index (χ4v) is 2.63. The summed E-state index contributed by atoms with van der Waals surface area (Å²) in [5, 5.41) is 3.30. The SMILES string of the molecule is CCNC(CCCS(=O)(=O)CC)c1ccco1. The normalized spacial score (nSPS) is 13.8. The Morgan fingerprint density at radius 1 is 1.41 bits per heavy atom. The van der Waals surface area contributed by atoms with Crippen molar-refractivity contribution >= 4 is 9.84 Å². The molecular formula is C12H21NO3S. The third kappa shape index (κ3) is 4.91. The van der Waals surface area contributed by atoms with E-state index in [2.05, 4.69) is 5.32 Å². The van der Waals surface area contributed by atoms with E-state index < -0.39 is 9.84 Å². The van der Waals surface area contributed by atoms with Crippen molar-refractivity contribution in [3.05, 3.63) is 24.2 Å². The maximum Gasteiger partial charge on any atom is 0.150 e. The molecule has 1 aromatic heterocycles. The summed E-state index contributed by atoms with van der Waals surface area (Å²) in [7, 11) is -2.86. The van der Waals surface area contributed by atoms with Gasteiger partial charge in [0, 0.05) is 5.75 Å². The van der Waals surface area contributed by atoms with Crippen molar-refractivity contribution in [2.75, 3.05) is 18.1 Å². The first kappa shape index (κ1) is 14.3. The highest BCUT2D eigenvalue weighted by molar-refractivity contribution is 7.91. The zero-order chi connectivity index (χ0) is 12.7. The van der Waals surface area contributed by atoms with E-state index in [-0.39, 0.29) is 17.5 Å². The predicted octanol–water partition coefficient (Wildman–Crippen LogP) is 2.15. The molecule has 0 aliphatic heterocycles. The second kappa shape index (κ2) is 6.81. The molecule has 0 aromatic carbocycles. The van der Waals surface area contributed by atoms with Gasteiger partial charge >= 0.3 is 0 Å². The van der Waals surface area contributed by atoms with Crippen molar-refractivity contribution in [2.24, 2.45) is 0 Å². The summed E-state index contributed by atoms with van der Waals surface area (Å²) < 4.78 is 28.1. The van der Waals surface area contributed by atoms with Gasteiger partial charge in [-0.2, -0.15) is 0 Å². The van der Waals surface area contributed by atoms with E-state index >= 15 is 0 Å². The molecule has 0 amide bonds. The average Bonchev–Trinajstić information content (AvgIpc) is 2.81. The highest BCUT2D eigenvalue weighted by atomic mass is 32.2. The maximum atomic E-state index is 11.4. The van der Waals surface area contributed by atoms with Gasteiger partial charge in [-0.05, 0) is 31.5 Å². The van der Waals surface area contributed by atoms with E-state index in [0.29, 0.717) is 6.42 Å². The topological polar surface area (TPSA) is 59.3 Å². The lowest BCUT2D eigenvalue weighted by Crippen LogP contribution is -2.21. The molecule has 0 saturated heterocycles. The van der Waals surface area contributed by atoms with E-state index in [1.54, 1.807) is 13.2 Å². The number of rotatable bonds is 8. The first-order chi connectivity index (χ1) is 8.09. The number of furan rings is 1. The summed E-state index contributed by atoms with van der Waals surface area (Å²) in [6, 6.07) is 3.88. The quantitative estimate of drug-likeness (QED) is 0.777. The monoisotopic (exact) mass is 259 g/mol. The lowest BCUT2D eigenvalue weighted by Gasteiger charge is -2.15. The lowest BCUT2D eigenvalue weighted by atomic mass is 10.1. The first-order valence-corrected chi connectivity index (χ1v) is 7.88. The van der Waals surface area contributed by atoms with E-state index in [9.17, 15) is 8.42 Å². The zero-order valence-corrected chi connectivity index (χ0v) is 11.3. The Labute approximate surface area is 103 Å². The minimum atomic E-state index is -2.86. The van der Waals surface area contributed by atoms with E-state index in [1.165, 1.54) is 0 Å². The molecular weight excluding hydrogens is 238 g/mol. The molecule has 17 heavy (non-hydrogen) atoms. The van der Waals surface area contributed by atoms with E-state index in [4.69, 9.17) is 4.42 Å². The van der Waals surface area contributed by atoms with Crippen molar-refractivity contribution in [2.45, 2.75) is 32.7 Å². The van der Waals surface area contributed by atoms with Gasteiger partial charge in [0.25, 0.3) is 0 Å². The van der Waals surface area contributed by atoms with Crippen LogP contribution < -0.4 is 5.32 Å². The zero-order valence-electron chi connectivity index (χ0n) is 10.5. The summed E-state index contributed by atoms with van der Waals surface area (Å²) >= 11 is 0. The molecule has 1 N–H and O–H groups in total. The van der Waals surface area contributed by atoms with Crippen LogP contribution in [0.5, 0.6) is 0 Å². The van der Waals surface area contributed by atoms with Gasteiger partial charge in [-0.3, -0.25) is 0 Å². The number of hydrogen-bond acceptors (Lipinski definition) is 4. The third-order valence-corrected chi connectivity index (χ3v) is 4.52. The second-order valence-corrected chi connectivity index (χ2v) is 6.48. The molecule has 1 rings (SSSR count). The van der Waals surface area contributed by atoms with E-state index in [0.717, 1.165) is 18.7 Å². The molecule has 0 aliphatic carbocycles. The molecule has 1 unspecified atom stereocenters. The molecule has 4 nitrogen and oxygen atoms in total. The Morgan fingerprint density at radius 3 is 2.71 bits per heavy atom. The number of sulfone groups is 1. The van der Waals surface area contributed by atoms with Crippen LogP contribution in [0.15, 0.2) is 22.8 Å². The molecule has 5 heteroatoms. The van der Waals surface area contributed by atoms with Gasteiger partial charge < -0.3 is 9.73 Å². The molecule has 1 atom stereocenters. The Balaban J connectivity index is 2.46. The number of nitrogens with one attached hydrogen (secondary N) is 1. The van der Waals surface area contributed by atoms with Crippen LogP contribution in [0.3, 0.4) is 0 Å². The van der Waals surface area contributed by atoms with Crippen LogP contribution in [-0.4, -0.2) is 26.5 Å². The highest BCUT2D eigenvalue weighted by Crippen LogP contribution is 2.19. The van der Waals surface area contributed by atoms with Crippen molar-refractivity contribution in [1.82, 2.24) is 5.32 Å². The Morgan fingerprint density at radius 2 is 2.18 bits per heavy atom. The van der Waals surface area contributed by atoms with Crippen LogP contribution in [0, 0.1) is 0 Å². The van der Waals surface area contributed by atoms with Gasteiger partial charge in [0.05, 0.1) is 18.1 Å². The molecule has 98 valence electrons. The van der Waals surface area contributed by atoms with Crippen LogP contribution in [0.1, 0.15) is 38.5 Å². The predicted molar refractivity (Wildman–Crippen MR) is 68.7 cm³/mol. The van der Waals surface area contributed by atoms with Gasteiger partial charge in [-0.1, -0.05) is 13.8 Å². The average molecular weight is 259 g/mol. The molecule has 0 spiro atoms. The summed E-state index contributed by atoms with van der Waals surface area (Å²) in [5.41, 5.74) is 0. The fourth-order valence-electron chi connectivity index (χ4n) is 1.73. The van der Waals surface area contributed by atoms with Crippen LogP contribution in [-0.2, 0) is 9.84 Å². The molecule has 0 bridgehead atoms. The molecule has 1 aromatic rings. The Hall–Kier alpha value is -0.810. The van der Waals surface area contributed by atoms with Crippen LogP contribution in [0.2, 0.25) is 0 Å². The van der Waals surface area contributed by atoms with E-state index in [1.807, 2.05) is 19.1 Å². The summed E-state index contributed by atoms with van der Waals surface area (Å²) in [4.78, 5) is 0. The molecule has 0 saturated carbocycles. The smallest absolute Gasteiger partial charge is 0.150 e. The maximum absolute atomic E-state index is 11.4. The first-order valence-electron chi connectivity index (χ1n) is 6.06. The standard InChI is InChI=1S/C12H21NO3S/c1-3-13-11(12-8-5-9-16-12)7-6-10-17(14,15)4-2/h5,8-9,11,13H,3-4,6-7,10H2,1-2H3. The summed E-state index contributed by atoms with van der Waals surface area (Å²) in [6.07, 6.45) is 3.08. The molecule has 1 heterocycles. The van der Waals surface area contributed by atoms with Crippen molar-refractivity contribution in [3.8, 4) is 0 Å². The van der Waals surface area contributed by atoms with Gasteiger partial charge in [-0.15, -0.1) is 0 Å². The minimum absolute atomic E-state index is 0.113. The Bertz CT molecular complexity index is 397. The lowest BCUT2D eigenvalue weighted by molar-refractivity contribution is 0.399. The van der Waals surface area contributed by atoms with Crippen molar-refractivity contribution in [1.29, 1.82) is 0 Å². The molecule has 0 radical (unpaired) electrons. The summed E-state index contributed by atoms with van der Waals surface area (Å²) in [6.45, 7) is 4.55. The molecule has 0 aliphatic rings. The van der Waals surface area contributed by atoms with Gasteiger partial charge in [0.1, 0.15) is 15.6 Å². The third-order valence-electron chi connectivity index (χ3n) is 2.73. The van der Waals surface area contributed by atoms with Gasteiger partial charge in [0.2, 0.25) is 0 Å². The summed E-state index contributed by atoms with van der Waals surface area (Å²) in [5.74, 6) is 1.35. The van der Waals surface area contributed by atoms with Gasteiger partial charge in [0.15, 0.2) is 0 Å². The van der Waals surface area contributed by atoms with Crippen molar-refractivity contribution < 1.29 is 12.8 Å². The van der Waals surface area contributed by atoms with Crippen LogP contribution >= 0.6 is 0 Å². The second-order valence-electron chi connectivity index (χ2n) is 4.00. The number of hydrogen-bond donors (Lipinski definition) is 1. The highest BCUT2D eigenvalue weighted by Gasteiger charge is 2.14. The fraction of sp³-hybridized carbons (Fsp3) is 0.667. The van der Waals surface area contributed by atoms with Crippen LogP contribution in [0.25, 0.3) is 0 Å². The van der Waals surface area contributed by atoms with Gasteiger partial charge in [-0.25, -0.2) is 8.42 Å². The largest absolute Gasteiger partial charge is 0.468 e. The van der Waals surface area contributed by atoms with Crippen LogP contribution in [0.4, 0.5) is 0 Å². The Kier molecular flexibility index (Phi) is 5.71.